The number of hydrogen-bond donors (Lipinski definition) is 1. The van der Waals surface area contributed by atoms with Gasteiger partial charge in [-0.05, 0) is 68.5 Å². The Labute approximate surface area is 140 Å². The van der Waals surface area contributed by atoms with E-state index in [-0.39, 0.29) is 0 Å². The minimum absolute atomic E-state index is 0.319. The van der Waals surface area contributed by atoms with E-state index in [1.807, 2.05) is 36.6 Å². The molecule has 0 spiro atoms. The van der Waals surface area contributed by atoms with Gasteiger partial charge in [0.15, 0.2) is 0 Å². The molecule has 0 radical (unpaired) electrons. The lowest BCUT2D eigenvalue weighted by molar-refractivity contribution is 0.601. The second kappa shape index (κ2) is 6.70. The van der Waals surface area contributed by atoms with Crippen LogP contribution in [0.4, 0.5) is 0 Å². The molecule has 4 heteroatoms. The predicted molar refractivity (Wildman–Crippen MR) is 92.9 cm³/mol. The SMILES string of the molecule is CNC(Cc1ccc(Cl)cc1Cl)c1cc2c(s1)CCCC2. The Morgan fingerprint density at radius 1 is 1.19 bits per heavy atom. The maximum atomic E-state index is 6.31. The fourth-order valence-electron chi connectivity index (χ4n) is 2.94. The highest BCUT2D eigenvalue weighted by atomic mass is 35.5. The van der Waals surface area contributed by atoms with Crippen LogP contribution in [0.15, 0.2) is 24.3 Å². The maximum absolute atomic E-state index is 6.31. The number of halogens is 2. The summed E-state index contributed by atoms with van der Waals surface area (Å²) in [6, 6.07) is 8.48. The first-order chi connectivity index (χ1) is 10.2. The fourth-order valence-corrected chi connectivity index (χ4v) is 4.79. The normalized spacial score (nSPS) is 15.8. The van der Waals surface area contributed by atoms with Crippen molar-refractivity contribution in [2.45, 2.75) is 38.1 Å². The molecule has 1 aromatic heterocycles. The molecule has 1 aromatic carbocycles. The van der Waals surface area contributed by atoms with Gasteiger partial charge in [-0.15, -0.1) is 11.3 Å². The smallest absolute Gasteiger partial charge is 0.0453 e. The monoisotopic (exact) mass is 339 g/mol. The van der Waals surface area contributed by atoms with Gasteiger partial charge in [0.1, 0.15) is 0 Å². The molecule has 1 unspecified atom stereocenters. The number of hydrogen-bond acceptors (Lipinski definition) is 2. The summed E-state index contributed by atoms with van der Waals surface area (Å²) in [6.07, 6.45) is 6.05. The summed E-state index contributed by atoms with van der Waals surface area (Å²) in [6.45, 7) is 0. The molecule has 0 saturated carbocycles. The number of likely N-dealkylation sites (N-methyl/N-ethyl adjacent to an activating group) is 1. The highest BCUT2D eigenvalue weighted by Crippen LogP contribution is 2.35. The Bertz CT molecular complexity index is 612. The van der Waals surface area contributed by atoms with Crippen LogP contribution in [0.2, 0.25) is 10.0 Å². The molecule has 0 bridgehead atoms. The lowest BCUT2D eigenvalue weighted by Crippen LogP contribution is -2.17. The predicted octanol–water partition coefficient (Wildman–Crippen LogP) is 5.44. The second-order valence-corrected chi connectivity index (χ2v) is 7.60. The zero-order valence-corrected chi connectivity index (χ0v) is 14.4. The van der Waals surface area contributed by atoms with Crippen molar-refractivity contribution >= 4 is 34.5 Å². The Hall–Kier alpha value is -0.540. The Balaban J connectivity index is 1.83. The third kappa shape index (κ3) is 3.45. The molecule has 3 rings (SSSR count). The number of thiophene rings is 1. The maximum Gasteiger partial charge on any atom is 0.0453 e. The van der Waals surface area contributed by atoms with Crippen molar-refractivity contribution in [2.75, 3.05) is 7.05 Å². The van der Waals surface area contributed by atoms with E-state index in [1.165, 1.54) is 30.6 Å². The first-order valence-corrected chi connectivity index (χ1v) is 8.97. The van der Waals surface area contributed by atoms with Crippen LogP contribution in [0.1, 0.15) is 39.8 Å². The van der Waals surface area contributed by atoms with Gasteiger partial charge in [0.05, 0.1) is 0 Å². The van der Waals surface area contributed by atoms with Gasteiger partial charge < -0.3 is 5.32 Å². The van der Waals surface area contributed by atoms with Crippen molar-refractivity contribution < 1.29 is 0 Å². The van der Waals surface area contributed by atoms with Crippen LogP contribution in [-0.2, 0) is 19.3 Å². The first-order valence-electron chi connectivity index (χ1n) is 7.40. The zero-order chi connectivity index (χ0) is 14.8. The third-order valence-corrected chi connectivity index (χ3v) is 6.08. The van der Waals surface area contributed by atoms with Crippen LogP contribution >= 0.6 is 34.5 Å². The fraction of sp³-hybridized carbons (Fsp3) is 0.412. The quantitative estimate of drug-likeness (QED) is 0.782. The van der Waals surface area contributed by atoms with E-state index in [0.717, 1.165) is 17.0 Å². The number of fused-ring (bicyclic) bond motifs is 1. The summed E-state index contributed by atoms with van der Waals surface area (Å²) in [5.74, 6) is 0. The molecular weight excluding hydrogens is 321 g/mol. The molecule has 0 aliphatic heterocycles. The van der Waals surface area contributed by atoms with Crippen molar-refractivity contribution in [2.24, 2.45) is 0 Å². The molecule has 1 heterocycles. The highest BCUT2D eigenvalue weighted by Gasteiger charge is 2.19. The molecule has 1 aliphatic rings. The minimum atomic E-state index is 0.319. The van der Waals surface area contributed by atoms with Crippen LogP contribution in [-0.4, -0.2) is 7.05 Å². The van der Waals surface area contributed by atoms with Gasteiger partial charge in [-0.25, -0.2) is 0 Å². The standard InChI is InChI=1S/C17H19Cl2NS/c1-20-15(8-11-6-7-13(18)10-14(11)19)17-9-12-4-2-3-5-16(12)21-17/h6-7,9-10,15,20H,2-5,8H2,1H3. The third-order valence-electron chi connectivity index (χ3n) is 4.15. The molecule has 1 N–H and O–H groups in total. The van der Waals surface area contributed by atoms with Crippen LogP contribution in [0.25, 0.3) is 0 Å². The summed E-state index contributed by atoms with van der Waals surface area (Å²) in [5, 5.41) is 4.88. The van der Waals surface area contributed by atoms with Crippen molar-refractivity contribution in [3.05, 3.63) is 55.2 Å². The average Bonchev–Trinajstić information content (AvgIpc) is 2.90. The van der Waals surface area contributed by atoms with E-state index in [0.29, 0.717) is 11.1 Å². The van der Waals surface area contributed by atoms with E-state index in [4.69, 9.17) is 23.2 Å². The number of benzene rings is 1. The van der Waals surface area contributed by atoms with E-state index in [9.17, 15) is 0 Å². The van der Waals surface area contributed by atoms with Crippen LogP contribution in [0.5, 0.6) is 0 Å². The minimum Gasteiger partial charge on any atom is -0.312 e. The topological polar surface area (TPSA) is 12.0 Å². The Kier molecular flexibility index (Phi) is 4.90. The van der Waals surface area contributed by atoms with Gasteiger partial charge in [0.25, 0.3) is 0 Å². The molecule has 0 fully saturated rings. The van der Waals surface area contributed by atoms with Gasteiger partial charge in [-0.3, -0.25) is 0 Å². The average molecular weight is 340 g/mol. The summed E-state index contributed by atoms with van der Waals surface area (Å²) < 4.78 is 0. The van der Waals surface area contributed by atoms with E-state index < -0.39 is 0 Å². The number of rotatable bonds is 4. The van der Waals surface area contributed by atoms with Gasteiger partial charge in [-0.2, -0.15) is 0 Å². The highest BCUT2D eigenvalue weighted by molar-refractivity contribution is 7.12. The number of nitrogens with one attached hydrogen (secondary N) is 1. The number of aryl methyl sites for hydroxylation is 2. The molecule has 1 atom stereocenters. The Morgan fingerprint density at radius 3 is 2.71 bits per heavy atom. The molecule has 0 saturated heterocycles. The summed E-state index contributed by atoms with van der Waals surface area (Å²) in [5.41, 5.74) is 2.70. The zero-order valence-electron chi connectivity index (χ0n) is 12.1. The molecule has 2 aromatic rings. The molecule has 112 valence electrons. The summed E-state index contributed by atoms with van der Waals surface area (Å²) in [7, 11) is 2.02. The van der Waals surface area contributed by atoms with Gasteiger partial charge in [0, 0.05) is 25.8 Å². The molecule has 1 aliphatic carbocycles. The molecule has 1 nitrogen and oxygen atoms in total. The van der Waals surface area contributed by atoms with Crippen LogP contribution in [0, 0.1) is 0 Å². The van der Waals surface area contributed by atoms with E-state index in [2.05, 4.69) is 11.4 Å². The molecular formula is C17H19Cl2NS. The van der Waals surface area contributed by atoms with Crippen molar-refractivity contribution in [3.8, 4) is 0 Å². The van der Waals surface area contributed by atoms with E-state index in [1.54, 1.807) is 10.4 Å². The largest absolute Gasteiger partial charge is 0.312 e. The van der Waals surface area contributed by atoms with Crippen molar-refractivity contribution in [3.63, 3.8) is 0 Å². The van der Waals surface area contributed by atoms with Gasteiger partial charge >= 0.3 is 0 Å². The van der Waals surface area contributed by atoms with E-state index >= 15 is 0 Å². The van der Waals surface area contributed by atoms with Crippen LogP contribution in [0.3, 0.4) is 0 Å². The molecule has 0 amide bonds. The van der Waals surface area contributed by atoms with Crippen molar-refractivity contribution in [1.29, 1.82) is 0 Å². The molecule has 21 heavy (non-hydrogen) atoms. The Morgan fingerprint density at radius 2 is 2.00 bits per heavy atom. The van der Waals surface area contributed by atoms with Gasteiger partial charge in [-0.1, -0.05) is 29.3 Å². The van der Waals surface area contributed by atoms with Crippen LogP contribution < -0.4 is 5.32 Å². The van der Waals surface area contributed by atoms with Crippen molar-refractivity contribution in [1.82, 2.24) is 5.32 Å². The summed E-state index contributed by atoms with van der Waals surface area (Å²) >= 11 is 14.2. The lowest BCUT2D eigenvalue weighted by atomic mass is 9.98. The first kappa shape index (κ1) is 15.4. The second-order valence-electron chi connectivity index (χ2n) is 5.59. The van der Waals surface area contributed by atoms with Gasteiger partial charge in [0.2, 0.25) is 0 Å². The summed E-state index contributed by atoms with van der Waals surface area (Å²) in [4.78, 5) is 3.01. The lowest BCUT2D eigenvalue weighted by Gasteiger charge is -2.15.